The first-order valence-corrected chi connectivity index (χ1v) is 15.5. The number of fused-ring (bicyclic) bond motifs is 1. The lowest BCUT2D eigenvalue weighted by Gasteiger charge is -2.32. The molecule has 2 aromatic carbocycles. The van der Waals surface area contributed by atoms with E-state index < -0.39 is 12.0 Å². The van der Waals surface area contributed by atoms with E-state index >= 15 is 0 Å². The molecule has 46 heavy (non-hydrogen) atoms. The third-order valence-electron chi connectivity index (χ3n) is 8.39. The van der Waals surface area contributed by atoms with E-state index in [9.17, 15) is 17.6 Å². The van der Waals surface area contributed by atoms with Gasteiger partial charge in [0, 0.05) is 48.5 Å². The van der Waals surface area contributed by atoms with Crippen molar-refractivity contribution in [1.82, 2.24) is 34.6 Å². The third-order valence-corrected chi connectivity index (χ3v) is 8.63. The first kappa shape index (κ1) is 30.6. The minimum absolute atomic E-state index is 0.0143. The number of imidazole rings is 1. The van der Waals surface area contributed by atoms with Crippen LogP contribution in [0.25, 0.3) is 22.4 Å². The quantitative estimate of drug-likeness (QED) is 0.182. The van der Waals surface area contributed by atoms with Crippen LogP contribution in [0.5, 0.6) is 5.88 Å². The Morgan fingerprint density at radius 3 is 2.54 bits per heavy atom. The van der Waals surface area contributed by atoms with E-state index in [0.29, 0.717) is 52.8 Å². The van der Waals surface area contributed by atoms with Crippen LogP contribution in [0.2, 0.25) is 5.02 Å². The second-order valence-electron chi connectivity index (χ2n) is 11.6. The molecule has 7 rings (SSSR count). The second-order valence-corrected chi connectivity index (χ2v) is 12.1. The minimum Gasteiger partial charge on any atom is -0.474 e. The number of benzene rings is 2. The van der Waals surface area contributed by atoms with Crippen LogP contribution >= 0.6 is 11.6 Å². The van der Waals surface area contributed by atoms with Crippen LogP contribution in [0.1, 0.15) is 42.2 Å². The molecule has 14 heteroatoms. The van der Waals surface area contributed by atoms with Gasteiger partial charge in [-0.05, 0) is 61.2 Å². The molecule has 2 saturated heterocycles. The van der Waals surface area contributed by atoms with E-state index in [2.05, 4.69) is 29.6 Å². The molecular formula is C32H30ClF4N7O2. The molecule has 5 heterocycles. The summed E-state index contributed by atoms with van der Waals surface area (Å²) in [6, 6.07) is 15.5. The van der Waals surface area contributed by atoms with Gasteiger partial charge in [0.15, 0.2) is 5.82 Å². The molecule has 2 fully saturated rings. The Balaban J connectivity index is 1.02. The number of likely N-dealkylation sites (tertiary alicyclic amines) is 1. The van der Waals surface area contributed by atoms with Crippen LogP contribution < -0.4 is 4.74 Å². The fourth-order valence-corrected chi connectivity index (χ4v) is 6.00. The first-order valence-electron chi connectivity index (χ1n) is 15.1. The monoisotopic (exact) mass is 655 g/mol. The van der Waals surface area contributed by atoms with Crippen LogP contribution in [-0.2, 0) is 30.4 Å². The smallest absolute Gasteiger partial charge is 0.451 e. The topological polar surface area (TPSA) is 94.0 Å². The lowest BCUT2D eigenvalue weighted by molar-refractivity contribution is -0.144. The molecule has 0 amide bonds. The molecule has 0 aliphatic carbocycles. The normalized spacial score (nSPS) is 17.8. The van der Waals surface area contributed by atoms with Gasteiger partial charge in [-0.15, -0.1) is 10.2 Å². The van der Waals surface area contributed by atoms with Crippen LogP contribution in [0.15, 0.2) is 54.6 Å². The first-order chi connectivity index (χ1) is 22.2. The summed E-state index contributed by atoms with van der Waals surface area (Å²) < 4.78 is 67.6. The van der Waals surface area contributed by atoms with E-state index in [-0.39, 0.29) is 23.8 Å². The predicted molar refractivity (Wildman–Crippen MR) is 162 cm³/mol. The Bertz CT molecular complexity index is 1850. The standard InChI is InChI=1S/C32H30ClF4N7O2/c33-21-6-4-19(25(34)16-21)14-22-2-1-3-29(38-22)46-23-8-11-43(12-9-23)18-28-39-26-15-20(30-40-31(42-41-30)32(35,36)37)5-7-27(26)44(28)17-24-10-13-45-24/h1-7,15-16,23-24H,8-14,17-18H2,(H,40,41,42)/t24-/m0/s1. The summed E-state index contributed by atoms with van der Waals surface area (Å²) in [7, 11) is 0. The fraction of sp³-hybridized carbons (Fsp3) is 0.375. The molecule has 9 nitrogen and oxygen atoms in total. The summed E-state index contributed by atoms with van der Waals surface area (Å²) in [5.74, 6) is -0.0968. The maximum atomic E-state index is 14.3. The summed E-state index contributed by atoms with van der Waals surface area (Å²) in [5, 5.41) is 7.30. The Hall–Kier alpha value is -4.07. The molecule has 1 atom stereocenters. The molecule has 0 bridgehead atoms. The van der Waals surface area contributed by atoms with Crippen molar-refractivity contribution in [1.29, 1.82) is 0 Å². The largest absolute Gasteiger partial charge is 0.474 e. The van der Waals surface area contributed by atoms with Gasteiger partial charge in [0.1, 0.15) is 17.7 Å². The van der Waals surface area contributed by atoms with Gasteiger partial charge < -0.3 is 19.0 Å². The molecule has 0 spiro atoms. The molecule has 240 valence electrons. The van der Waals surface area contributed by atoms with E-state index in [1.54, 1.807) is 24.3 Å². The highest BCUT2D eigenvalue weighted by Crippen LogP contribution is 2.30. The van der Waals surface area contributed by atoms with Gasteiger partial charge in [-0.1, -0.05) is 23.7 Å². The molecule has 1 N–H and O–H groups in total. The molecule has 2 aliphatic heterocycles. The van der Waals surface area contributed by atoms with Gasteiger partial charge in [0.2, 0.25) is 11.7 Å². The average molecular weight is 656 g/mol. The molecule has 3 aromatic heterocycles. The van der Waals surface area contributed by atoms with Crippen LogP contribution in [-0.4, -0.2) is 66.5 Å². The zero-order valence-electron chi connectivity index (χ0n) is 24.6. The van der Waals surface area contributed by atoms with Gasteiger partial charge in [-0.2, -0.15) is 13.2 Å². The van der Waals surface area contributed by atoms with Crippen molar-refractivity contribution in [3.8, 4) is 17.3 Å². The van der Waals surface area contributed by atoms with Crippen molar-refractivity contribution in [3.05, 3.63) is 88.3 Å². The molecular weight excluding hydrogens is 626 g/mol. The van der Waals surface area contributed by atoms with Gasteiger partial charge >= 0.3 is 6.18 Å². The zero-order valence-corrected chi connectivity index (χ0v) is 25.4. The number of pyridine rings is 1. The maximum absolute atomic E-state index is 14.3. The van der Waals surface area contributed by atoms with Crippen LogP contribution in [0.3, 0.4) is 0 Å². The van der Waals surface area contributed by atoms with Gasteiger partial charge in [-0.3, -0.25) is 4.90 Å². The van der Waals surface area contributed by atoms with Crippen molar-refractivity contribution >= 4 is 22.6 Å². The Kier molecular flexibility index (Phi) is 8.38. The lowest BCUT2D eigenvalue weighted by Crippen LogP contribution is -2.39. The third kappa shape index (κ3) is 6.72. The molecule has 0 saturated carbocycles. The summed E-state index contributed by atoms with van der Waals surface area (Å²) in [5.41, 5.74) is 3.24. The number of nitrogens with zero attached hydrogens (tertiary/aromatic N) is 6. The number of alkyl halides is 3. The molecule has 0 radical (unpaired) electrons. The number of nitrogens with one attached hydrogen (secondary N) is 1. The number of hydrogen-bond acceptors (Lipinski definition) is 7. The van der Waals surface area contributed by atoms with Crippen molar-refractivity contribution in [2.24, 2.45) is 0 Å². The highest BCUT2D eigenvalue weighted by Gasteiger charge is 2.35. The van der Waals surface area contributed by atoms with Crippen molar-refractivity contribution in [2.75, 3.05) is 19.7 Å². The highest BCUT2D eigenvalue weighted by molar-refractivity contribution is 6.30. The summed E-state index contributed by atoms with van der Waals surface area (Å²) in [6.45, 7) is 3.55. The fourth-order valence-electron chi connectivity index (χ4n) is 5.84. The predicted octanol–water partition coefficient (Wildman–Crippen LogP) is 6.45. The Morgan fingerprint density at radius 2 is 1.83 bits per heavy atom. The second kappa shape index (κ2) is 12.6. The number of H-pyrrole nitrogens is 1. The highest BCUT2D eigenvalue weighted by atomic mass is 35.5. The van der Waals surface area contributed by atoms with E-state index in [1.165, 1.54) is 6.07 Å². The number of halogens is 5. The number of hydrogen-bond donors (Lipinski definition) is 1. The summed E-state index contributed by atoms with van der Waals surface area (Å²) in [6.07, 6.45) is -1.65. The number of aromatic amines is 1. The maximum Gasteiger partial charge on any atom is 0.451 e. The minimum atomic E-state index is -4.61. The summed E-state index contributed by atoms with van der Waals surface area (Å²) >= 11 is 5.88. The number of ether oxygens (including phenoxy) is 2. The van der Waals surface area contributed by atoms with Crippen molar-refractivity contribution in [3.63, 3.8) is 0 Å². The zero-order chi connectivity index (χ0) is 31.8. The average Bonchev–Trinajstić information content (AvgIpc) is 3.63. The number of rotatable bonds is 9. The van der Waals surface area contributed by atoms with Gasteiger partial charge in [0.05, 0.1) is 30.2 Å². The number of aromatic nitrogens is 6. The lowest BCUT2D eigenvalue weighted by atomic mass is 10.1. The van der Waals surface area contributed by atoms with Crippen molar-refractivity contribution in [2.45, 2.75) is 57.2 Å². The van der Waals surface area contributed by atoms with E-state index in [4.69, 9.17) is 26.1 Å². The van der Waals surface area contributed by atoms with Gasteiger partial charge in [0.25, 0.3) is 0 Å². The Morgan fingerprint density at radius 1 is 1.00 bits per heavy atom. The SMILES string of the molecule is Fc1cc(Cl)ccc1Cc1cccc(OC2CCN(Cc3nc4cc(-c5nnc(C(F)(F)F)[nH]5)ccc4n3C[C@@H]3CCO3)CC2)n1. The van der Waals surface area contributed by atoms with Crippen LogP contribution in [0, 0.1) is 5.82 Å². The van der Waals surface area contributed by atoms with Crippen LogP contribution in [0.4, 0.5) is 17.6 Å². The Labute approximate surface area is 266 Å². The molecule has 2 aliphatic rings. The van der Waals surface area contributed by atoms with Crippen molar-refractivity contribution < 1.29 is 27.0 Å². The molecule has 5 aromatic rings. The van der Waals surface area contributed by atoms with E-state index in [1.807, 2.05) is 24.3 Å². The molecule has 0 unspecified atom stereocenters. The summed E-state index contributed by atoms with van der Waals surface area (Å²) in [4.78, 5) is 14.1. The van der Waals surface area contributed by atoms with Gasteiger partial charge in [-0.25, -0.2) is 14.4 Å². The van der Waals surface area contributed by atoms with E-state index in [0.717, 1.165) is 50.3 Å². The number of piperidine rings is 1.